The van der Waals surface area contributed by atoms with Gasteiger partial charge in [0, 0.05) is 31.2 Å². The third-order valence-corrected chi connectivity index (χ3v) is 5.56. The number of hydrogen-bond donors (Lipinski definition) is 0. The van der Waals surface area contributed by atoms with Gasteiger partial charge < -0.3 is 4.57 Å². The molecule has 0 unspecified atom stereocenters. The summed E-state index contributed by atoms with van der Waals surface area (Å²) in [6.07, 6.45) is 9.35. The molecule has 4 rings (SSSR count). The second-order valence-electron chi connectivity index (χ2n) is 7.01. The van der Waals surface area contributed by atoms with E-state index >= 15 is 0 Å². The van der Waals surface area contributed by atoms with Gasteiger partial charge in [-0.2, -0.15) is 0 Å². The smallest absolute Gasteiger partial charge is 0.126 e. The molecule has 4 nitrogen and oxygen atoms in total. The normalized spacial score (nSPS) is 21.6. The molecule has 0 aromatic carbocycles. The molecule has 0 amide bonds. The van der Waals surface area contributed by atoms with Crippen molar-refractivity contribution in [3.8, 4) is 0 Å². The Morgan fingerprint density at radius 1 is 1.22 bits per heavy atom. The van der Waals surface area contributed by atoms with E-state index in [0.717, 1.165) is 25.2 Å². The molecule has 2 aromatic rings. The van der Waals surface area contributed by atoms with Crippen molar-refractivity contribution in [2.24, 2.45) is 7.05 Å². The summed E-state index contributed by atoms with van der Waals surface area (Å²) in [7, 11) is 2.22. The van der Waals surface area contributed by atoms with Crippen LogP contribution in [0.2, 0.25) is 0 Å². The van der Waals surface area contributed by atoms with Crippen LogP contribution in [0.3, 0.4) is 0 Å². The van der Waals surface area contributed by atoms with Gasteiger partial charge in [-0.25, -0.2) is 4.98 Å². The Balaban J connectivity index is 1.61. The molecule has 1 atom stereocenters. The maximum Gasteiger partial charge on any atom is 0.126 e. The van der Waals surface area contributed by atoms with Crippen molar-refractivity contribution in [3.63, 3.8) is 0 Å². The minimum atomic E-state index is 0.463. The summed E-state index contributed by atoms with van der Waals surface area (Å²) in [5, 5.41) is 0. The predicted molar refractivity (Wildman–Crippen MR) is 91.2 cm³/mol. The van der Waals surface area contributed by atoms with Crippen molar-refractivity contribution in [1.82, 2.24) is 19.4 Å². The van der Waals surface area contributed by atoms with Crippen LogP contribution in [0.4, 0.5) is 0 Å². The Morgan fingerprint density at radius 2 is 2.09 bits per heavy atom. The lowest BCUT2D eigenvalue weighted by Gasteiger charge is -2.25. The van der Waals surface area contributed by atoms with E-state index in [9.17, 15) is 0 Å². The van der Waals surface area contributed by atoms with Crippen molar-refractivity contribution < 1.29 is 0 Å². The standard InChI is InChI=1S/C19H26N4/c1-14-15(7-5-11-20-14)13-23-12-6-10-18(23)19-21-16-8-3-4-9-17(16)22(19)2/h5,7,11,18H,3-4,6,8-10,12-13H2,1-2H3/t18-/m1/s1. The van der Waals surface area contributed by atoms with E-state index in [-0.39, 0.29) is 0 Å². The first-order valence-corrected chi connectivity index (χ1v) is 8.93. The van der Waals surface area contributed by atoms with Crippen LogP contribution < -0.4 is 0 Å². The third kappa shape index (κ3) is 2.69. The van der Waals surface area contributed by atoms with E-state index in [1.165, 1.54) is 54.9 Å². The van der Waals surface area contributed by atoms with E-state index in [2.05, 4.69) is 34.5 Å². The van der Waals surface area contributed by atoms with Gasteiger partial charge in [0.05, 0.1) is 11.7 Å². The van der Waals surface area contributed by atoms with Crippen LogP contribution in [0.5, 0.6) is 0 Å². The third-order valence-electron chi connectivity index (χ3n) is 5.56. The Morgan fingerprint density at radius 3 is 2.91 bits per heavy atom. The van der Waals surface area contributed by atoms with Crippen molar-refractivity contribution in [1.29, 1.82) is 0 Å². The maximum absolute atomic E-state index is 5.05. The zero-order valence-electron chi connectivity index (χ0n) is 14.3. The average molecular weight is 310 g/mol. The van der Waals surface area contributed by atoms with Crippen molar-refractivity contribution in [2.45, 2.75) is 58.0 Å². The fourth-order valence-electron chi connectivity index (χ4n) is 4.22. The molecule has 0 spiro atoms. The molecule has 2 aliphatic rings. The van der Waals surface area contributed by atoms with Gasteiger partial charge in [-0.15, -0.1) is 0 Å². The average Bonchev–Trinajstić information content (AvgIpc) is 3.14. The fourth-order valence-corrected chi connectivity index (χ4v) is 4.22. The molecule has 4 heteroatoms. The first-order chi connectivity index (χ1) is 11.2. The fraction of sp³-hybridized carbons (Fsp3) is 0.579. The van der Waals surface area contributed by atoms with Gasteiger partial charge in [0.1, 0.15) is 5.82 Å². The molecule has 2 aromatic heterocycles. The summed E-state index contributed by atoms with van der Waals surface area (Å²) in [5.74, 6) is 1.29. The summed E-state index contributed by atoms with van der Waals surface area (Å²) in [6.45, 7) is 4.26. The van der Waals surface area contributed by atoms with Crippen molar-refractivity contribution >= 4 is 0 Å². The molecule has 1 fully saturated rings. The predicted octanol–water partition coefficient (Wildman–Crippen LogP) is 3.34. The van der Waals surface area contributed by atoms with Gasteiger partial charge in [0.25, 0.3) is 0 Å². The molecule has 1 aliphatic heterocycles. The lowest BCUT2D eigenvalue weighted by molar-refractivity contribution is 0.235. The highest BCUT2D eigenvalue weighted by Crippen LogP contribution is 2.34. The first-order valence-electron chi connectivity index (χ1n) is 8.93. The minimum absolute atomic E-state index is 0.463. The summed E-state index contributed by atoms with van der Waals surface area (Å²) in [5.41, 5.74) is 5.34. The second-order valence-corrected chi connectivity index (χ2v) is 7.01. The molecule has 0 radical (unpaired) electrons. The largest absolute Gasteiger partial charge is 0.334 e. The second kappa shape index (κ2) is 6.08. The van der Waals surface area contributed by atoms with E-state index in [1.807, 2.05) is 12.3 Å². The number of aromatic nitrogens is 3. The Hall–Kier alpha value is -1.68. The molecule has 1 aliphatic carbocycles. The first kappa shape index (κ1) is 14.9. The number of pyridine rings is 1. The SMILES string of the molecule is Cc1ncccc1CN1CCC[C@@H]1c1nc2c(n1C)CCCC2. The van der Waals surface area contributed by atoms with Gasteiger partial charge in [0.2, 0.25) is 0 Å². The lowest BCUT2D eigenvalue weighted by Crippen LogP contribution is -2.25. The van der Waals surface area contributed by atoms with Gasteiger partial charge in [-0.1, -0.05) is 6.07 Å². The van der Waals surface area contributed by atoms with Crippen LogP contribution >= 0.6 is 0 Å². The van der Waals surface area contributed by atoms with E-state index in [0.29, 0.717) is 6.04 Å². The van der Waals surface area contributed by atoms with Gasteiger partial charge >= 0.3 is 0 Å². The number of aryl methyl sites for hydroxylation is 2. The van der Waals surface area contributed by atoms with Crippen LogP contribution in [0.1, 0.15) is 60.2 Å². The molecular formula is C19H26N4. The highest BCUT2D eigenvalue weighted by Gasteiger charge is 2.31. The molecular weight excluding hydrogens is 284 g/mol. The molecule has 0 saturated carbocycles. The number of nitrogens with zero attached hydrogens (tertiary/aromatic N) is 4. The Bertz CT molecular complexity index is 703. The zero-order valence-corrected chi connectivity index (χ0v) is 14.3. The minimum Gasteiger partial charge on any atom is -0.334 e. The van der Waals surface area contributed by atoms with E-state index in [4.69, 9.17) is 4.98 Å². The molecule has 3 heterocycles. The Kier molecular flexibility index (Phi) is 3.93. The van der Waals surface area contributed by atoms with Crippen LogP contribution in [0.15, 0.2) is 18.3 Å². The lowest BCUT2D eigenvalue weighted by atomic mass is 10.0. The summed E-state index contributed by atoms with van der Waals surface area (Å²) in [4.78, 5) is 12.1. The highest BCUT2D eigenvalue weighted by molar-refractivity contribution is 5.23. The zero-order chi connectivity index (χ0) is 15.8. The van der Waals surface area contributed by atoms with Crippen LogP contribution in [0.25, 0.3) is 0 Å². The molecule has 122 valence electrons. The summed E-state index contributed by atoms with van der Waals surface area (Å²) in [6, 6.07) is 4.72. The molecule has 0 N–H and O–H groups in total. The van der Waals surface area contributed by atoms with Crippen LogP contribution in [-0.4, -0.2) is 26.0 Å². The monoisotopic (exact) mass is 310 g/mol. The van der Waals surface area contributed by atoms with Crippen molar-refractivity contribution in [3.05, 3.63) is 46.8 Å². The highest BCUT2D eigenvalue weighted by atomic mass is 15.2. The number of rotatable bonds is 3. The van der Waals surface area contributed by atoms with E-state index < -0.39 is 0 Å². The van der Waals surface area contributed by atoms with Gasteiger partial charge in [-0.05, 0) is 63.6 Å². The Labute approximate surface area is 138 Å². The molecule has 1 saturated heterocycles. The van der Waals surface area contributed by atoms with E-state index in [1.54, 1.807) is 0 Å². The molecule has 0 bridgehead atoms. The number of hydrogen-bond acceptors (Lipinski definition) is 3. The topological polar surface area (TPSA) is 34.0 Å². The van der Waals surface area contributed by atoms with Gasteiger partial charge in [0.15, 0.2) is 0 Å². The number of imidazole rings is 1. The van der Waals surface area contributed by atoms with Crippen LogP contribution in [0, 0.1) is 6.92 Å². The molecule has 23 heavy (non-hydrogen) atoms. The summed E-state index contributed by atoms with van der Waals surface area (Å²) >= 11 is 0. The van der Waals surface area contributed by atoms with Gasteiger partial charge in [-0.3, -0.25) is 9.88 Å². The number of fused-ring (bicyclic) bond motifs is 1. The van der Waals surface area contributed by atoms with Crippen molar-refractivity contribution in [2.75, 3.05) is 6.54 Å². The quantitative estimate of drug-likeness (QED) is 0.872. The summed E-state index contributed by atoms with van der Waals surface area (Å²) < 4.78 is 2.40. The maximum atomic E-state index is 5.05. The van der Waals surface area contributed by atoms with Crippen LogP contribution in [-0.2, 0) is 26.4 Å². The number of likely N-dealkylation sites (tertiary alicyclic amines) is 1.